The molecule has 11 heteroatoms. The number of carbonyl (C=O) groups excluding carboxylic acids is 3. The van der Waals surface area contributed by atoms with Gasteiger partial charge in [0.25, 0.3) is 11.8 Å². The Morgan fingerprint density at radius 1 is 1.21 bits per heavy atom. The summed E-state index contributed by atoms with van der Waals surface area (Å²) in [4.78, 5) is 54.6. The maximum atomic E-state index is 12.7. The molecule has 2 heterocycles. The van der Waals surface area contributed by atoms with Crippen LogP contribution in [0.15, 0.2) is 30.3 Å². The van der Waals surface area contributed by atoms with Crippen LogP contribution < -0.4 is 16.2 Å². The topological polar surface area (TPSA) is 140 Å². The number of hydroxylamine groups is 2. The second kappa shape index (κ2) is 8.78. The van der Waals surface area contributed by atoms with Gasteiger partial charge < -0.3 is 15.3 Å². The predicted octanol–water partition coefficient (Wildman–Crippen LogP) is 0.190. The highest BCUT2D eigenvalue weighted by Gasteiger charge is 2.48. The van der Waals surface area contributed by atoms with Crippen molar-refractivity contribution in [2.75, 3.05) is 6.54 Å². The van der Waals surface area contributed by atoms with E-state index in [1.165, 1.54) is 16.9 Å². The molecule has 3 rings (SSSR count). The monoisotopic (exact) mass is 405 g/mol. The number of carboxylic acid groups (broad SMARTS) is 1. The Labute approximate surface area is 166 Å². The van der Waals surface area contributed by atoms with E-state index in [0.717, 1.165) is 5.56 Å². The highest BCUT2D eigenvalue weighted by Crippen LogP contribution is 2.30. The van der Waals surface area contributed by atoms with Crippen LogP contribution in [0, 0.1) is 0 Å². The summed E-state index contributed by atoms with van der Waals surface area (Å²) in [6.45, 7) is 1.95. The number of urea groups is 1. The van der Waals surface area contributed by atoms with Crippen LogP contribution in [-0.4, -0.2) is 63.7 Å². The summed E-state index contributed by atoms with van der Waals surface area (Å²) in [5, 5.41) is 11.9. The summed E-state index contributed by atoms with van der Waals surface area (Å²) in [6.07, 6.45) is -0.345. The van der Waals surface area contributed by atoms with Crippen molar-refractivity contribution in [3.05, 3.63) is 35.9 Å². The molecule has 5 amide bonds. The first-order valence-electron chi connectivity index (χ1n) is 9.22. The number of hydrogen-bond acceptors (Lipinski definition) is 5. The first-order valence-corrected chi connectivity index (χ1v) is 9.22. The zero-order chi connectivity index (χ0) is 21.0. The molecule has 0 aliphatic carbocycles. The third kappa shape index (κ3) is 4.74. The van der Waals surface area contributed by atoms with Gasteiger partial charge in [-0.25, -0.2) is 9.59 Å². The average molecular weight is 405 g/mol. The van der Waals surface area contributed by atoms with Gasteiger partial charge in [-0.05, 0) is 25.3 Å². The Balaban J connectivity index is 1.52. The number of amides is 5. The Kier molecular flexibility index (Phi) is 6.17. The van der Waals surface area contributed by atoms with Crippen molar-refractivity contribution in [1.82, 2.24) is 26.1 Å². The van der Waals surface area contributed by atoms with E-state index < -0.39 is 36.0 Å². The maximum absolute atomic E-state index is 12.7. The van der Waals surface area contributed by atoms with Crippen LogP contribution in [0.2, 0.25) is 0 Å². The Hall–Kier alpha value is -3.34. The Morgan fingerprint density at radius 2 is 1.93 bits per heavy atom. The lowest BCUT2D eigenvalue weighted by atomic mass is 10.0. The van der Waals surface area contributed by atoms with Gasteiger partial charge in [0.2, 0.25) is 0 Å². The van der Waals surface area contributed by atoms with Crippen LogP contribution >= 0.6 is 0 Å². The van der Waals surface area contributed by atoms with Gasteiger partial charge in [0.1, 0.15) is 18.7 Å². The van der Waals surface area contributed by atoms with Crippen molar-refractivity contribution >= 4 is 23.9 Å². The minimum atomic E-state index is -1.35. The molecule has 2 fully saturated rings. The molecule has 0 radical (unpaired) electrons. The fourth-order valence-corrected chi connectivity index (χ4v) is 3.35. The average Bonchev–Trinajstić information content (AvgIpc) is 2.94. The molecule has 0 spiro atoms. The molecule has 29 heavy (non-hydrogen) atoms. The molecule has 0 saturated carbocycles. The normalized spacial score (nSPS) is 21.5. The van der Waals surface area contributed by atoms with E-state index in [2.05, 4.69) is 10.9 Å². The van der Waals surface area contributed by atoms with E-state index in [4.69, 9.17) is 9.94 Å². The molecule has 2 aliphatic heterocycles. The van der Waals surface area contributed by atoms with Crippen molar-refractivity contribution in [1.29, 1.82) is 0 Å². The maximum Gasteiger partial charge on any atom is 0.405 e. The minimum Gasteiger partial charge on any atom is -0.465 e. The van der Waals surface area contributed by atoms with Gasteiger partial charge >= 0.3 is 12.1 Å². The minimum absolute atomic E-state index is 0.135. The van der Waals surface area contributed by atoms with E-state index >= 15 is 0 Å². The summed E-state index contributed by atoms with van der Waals surface area (Å²) < 4.78 is 0. The third-order valence-electron chi connectivity index (χ3n) is 4.88. The van der Waals surface area contributed by atoms with Gasteiger partial charge in [-0.1, -0.05) is 30.3 Å². The number of nitrogens with zero attached hydrogens (tertiary/aromatic N) is 2. The van der Waals surface area contributed by atoms with Crippen LogP contribution in [0.3, 0.4) is 0 Å². The zero-order valence-electron chi connectivity index (χ0n) is 15.8. The van der Waals surface area contributed by atoms with E-state index in [-0.39, 0.29) is 12.6 Å². The van der Waals surface area contributed by atoms with E-state index in [1.54, 1.807) is 0 Å². The number of carbonyl (C=O) groups is 4. The standard InChI is InChI=1S/C18H23N5O6/c1-11(19-17(26)27)15(24)20-21-16(25)14-8-7-13-9-22(14)18(28)23(13)29-10-12-5-3-2-4-6-12/h2-6,11,13-14,19H,7-10H2,1H3,(H,20,24)(H,21,25)(H,26,27)/t11-,13-,14+/m1/s1. The van der Waals surface area contributed by atoms with Gasteiger partial charge in [-0.3, -0.25) is 25.3 Å². The first-order chi connectivity index (χ1) is 13.9. The highest BCUT2D eigenvalue weighted by molar-refractivity contribution is 5.91. The lowest BCUT2D eigenvalue weighted by Crippen LogP contribution is -2.56. The molecule has 0 aromatic heterocycles. The van der Waals surface area contributed by atoms with Crippen molar-refractivity contribution in [2.24, 2.45) is 0 Å². The predicted molar refractivity (Wildman–Crippen MR) is 98.9 cm³/mol. The van der Waals surface area contributed by atoms with Crippen LogP contribution in [-0.2, 0) is 21.0 Å². The number of benzene rings is 1. The van der Waals surface area contributed by atoms with Gasteiger partial charge in [0.05, 0.1) is 6.04 Å². The Morgan fingerprint density at radius 3 is 2.62 bits per heavy atom. The fraction of sp³-hybridized carbons (Fsp3) is 0.444. The largest absolute Gasteiger partial charge is 0.465 e. The molecular weight excluding hydrogens is 382 g/mol. The zero-order valence-corrected chi connectivity index (χ0v) is 15.8. The number of hydrazine groups is 1. The smallest absolute Gasteiger partial charge is 0.405 e. The van der Waals surface area contributed by atoms with Crippen LogP contribution in [0.4, 0.5) is 9.59 Å². The van der Waals surface area contributed by atoms with Crippen LogP contribution in [0.5, 0.6) is 0 Å². The van der Waals surface area contributed by atoms with Crippen LogP contribution in [0.25, 0.3) is 0 Å². The molecule has 156 valence electrons. The molecule has 4 N–H and O–H groups in total. The summed E-state index contributed by atoms with van der Waals surface area (Å²) in [5.41, 5.74) is 5.35. The van der Waals surface area contributed by atoms with Gasteiger partial charge in [-0.2, -0.15) is 5.06 Å². The first kappa shape index (κ1) is 20.4. The Bertz CT molecular complexity index is 788. The summed E-state index contributed by atoms with van der Waals surface area (Å²) in [5.74, 6) is -1.26. The van der Waals surface area contributed by atoms with E-state index in [0.29, 0.717) is 19.4 Å². The summed E-state index contributed by atoms with van der Waals surface area (Å²) in [6, 6.07) is 7.13. The quantitative estimate of drug-likeness (QED) is 0.498. The molecule has 3 atom stereocenters. The number of fused-ring (bicyclic) bond motifs is 2. The number of rotatable bonds is 6. The third-order valence-corrected chi connectivity index (χ3v) is 4.88. The van der Waals surface area contributed by atoms with E-state index in [1.807, 2.05) is 35.6 Å². The summed E-state index contributed by atoms with van der Waals surface area (Å²) in [7, 11) is 0. The SMILES string of the molecule is C[C@@H](NC(=O)O)C(=O)NNC(=O)[C@@H]1CC[C@@H]2CN1C(=O)N2OCc1ccccc1. The molecule has 1 aromatic rings. The second-order valence-electron chi connectivity index (χ2n) is 6.92. The van der Waals surface area contributed by atoms with Crippen molar-refractivity contribution < 1.29 is 29.1 Å². The van der Waals surface area contributed by atoms with Gasteiger partial charge in [0.15, 0.2) is 0 Å². The molecule has 1 aromatic carbocycles. The molecule has 2 bridgehead atoms. The lowest BCUT2D eigenvalue weighted by Gasteiger charge is -2.29. The van der Waals surface area contributed by atoms with Gasteiger partial charge in [-0.15, -0.1) is 0 Å². The molecule has 2 saturated heterocycles. The van der Waals surface area contributed by atoms with Crippen molar-refractivity contribution in [2.45, 2.75) is 44.5 Å². The number of nitrogens with one attached hydrogen (secondary N) is 3. The molecule has 11 nitrogen and oxygen atoms in total. The number of piperidine rings is 1. The van der Waals surface area contributed by atoms with E-state index in [9.17, 15) is 19.2 Å². The fourth-order valence-electron chi connectivity index (χ4n) is 3.35. The number of hydrogen-bond donors (Lipinski definition) is 4. The lowest BCUT2D eigenvalue weighted by molar-refractivity contribution is -0.140. The molecular formula is C18H23N5O6. The van der Waals surface area contributed by atoms with Crippen molar-refractivity contribution in [3.63, 3.8) is 0 Å². The van der Waals surface area contributed by atoms with Gasteiger partial charge in [0, 0.05) is 6.54 Å². The highest BCUT2D eigenvalue weighted by atomic mass is 16.7. The molecule has 2 aliphatic rings. The second-order valence-corrected chi connectivity index (χ2v) is 6.92. The summed E-state index contributed by atoms with van der Waals surface area (Å²) >= 11 is 0. The van der Waals surface area contributed by atoms with Crippen LogP contribution in [0.1, 0.15) is 25.3 Å². The molecule has 0 unspecified atom stereocenters. The van der Waals surface area contributed by atoms with Crippen molar-refractivity contribution in [3.8, 4) is 0 Å².